The maximum Gasteiger partial charge on any atom is 0.231 e. The zero-order valence-electron chi connectivity index (χ0n) is 13.3. The number of rotatable bonds is 1. The summed E-state index contributed by atoms with van der Waals surface area (Å²) in [4.78, 5) is 0. The number of hydrazone groups is 1. The van der Waals surface area contributed by atoms with Crippen molar-refractivity contribution in [1.29, 1.82) is 0 Å². The lowest BCUT2D eigenvalue weighted by Crippen LogP contribution is -2.31. The maximum atomic E-state index is 6.13. The number of hydrogen-bond donors (Lipinski definition) is 0. The lowest BCUT2D eigenvalue weighted by Gasteiger charge is -2.22. The lowest BCUT2D eigenvalue weighted by atomic mass is 9.94. The molecule has 0 amide bonds. The molecule has 0 aromatic heterocycles. The van der Waals surface area contributed by atoms with E-state index in [-0.39, 0.29) is 17.3 Å². The summed E-state index contributed by atoms with van der Waals surface area (Å²) in [7, 11) is 0. The average molecular weight is 393 g/mol. The van der Waals surface area contributed by atoms with Crippen LogP contribution >= 0.6 is 35.4 Å². The number of thiocarbonyl (C=S) groups is 1. The summed E-state index contributed by atoms with van der Waals surface area (Å²) in [6, 6.07) is 11.5. The van der Waals surface area contributed by atoms with E-state index in [1.807, 2.05) is 43.3 Å². The maximum absolute atomic E-state index is 6.13. The first-order valence-corrected chi connectivity index (χ1v) is 8.95. The number of fused-ring (bicyclic) bond motifs is 2. The van der Waals surface area contributed by atoms with Crippen LogP contribution in [0.25, 0.3) is 0 Å². The summed E-state index contributed by atoms with van der Waals surface area (Å²) in [5.41, 5.74) is 3.79. The fourth-order valence-corrected chi connectivity index (χ4v) is 3.62. The van der Waals surface area contributed by atoms with Crippen LogP contribution in [0, 0.1) is 0 Å². The highest BCUT2D eigenvalue weighted by atomic mass is 35.5. The molecule has 0 fully saturated rings. The molecule has 0 N–H and O–H groups in total. The van der Waals surface area contributed by atoms with Crippen molar-refractivity contribution < 1.29 is 9.47 Å². The van der Waals surface area contributed by atoms with Crippen molar-refractivity contribution in [2.24, 2.45) is 5.10 Å². The van der Waals surface area contributed by atoms with Crippen LogP contribution in [0.1, 0.15) is 23.6 Å². The average Bonchev–Trinajstić information content (AvgIpc) is 2.97. The van der Waals surface area contributed by atoms with E-state index in [2.05, 4.69) is 0 Å². The largest absolute Gasteiger partial charge is 0.454 e. The zero-order valence-corrected chi connectivity index (χ0v) is 15.7. The smallest absolute Gasteiger partial charge is 0.231 e. The second-order valence-corrected chi connectivity index (χ2v) is 7.37. The topological polar surface area (TPSA) is 34.1 Å². The molecular weight excluding hydrogens is 379 g/mol. The van der Waals surface area contributed by atoms with E-state index >= 15 is 0 Å². The first-order chi connectivity index (χ1) is 12.0. The van der Waals surface area contributed by atoms with E-state index in [4.69, 9.17) is 50.0 Å². The molecule has 2 aliphatic rings. The first-order valence-electron chi connectivity index (χ1n) is 7.79. The van der Waals surface area contributed by atoms with Gasteiger partial charge in [0, 0.05) is 16.1 Å². The molecule has 4 rings (SSSR count). The van der Waals surface area contributed by atoms with E-state index in [0.717, 1.165) is 40.3 Å². The van der Waals surface area contributed by atoms with Crippen LogP contribution in [0.4, 0.5) is 0 Å². The Morgan fingerprint density at radius 3 is 2.56 bits per heavy atom. The molecule has 128 valence electrons. The summed E-state index contributed by atoms with van der Waals surface area (Å²) in [6.07, 6.45) is 0.736. The molecule has 7 heteroatoms. The fraction of sp³-hybridized carbons (Fsp3) is 0.222. The van der Waals surface area contributed by atoms with Crippen LogP contribution in [0.15, 0.2) is 41.5 Å². The van der Waals surface area contributed by atoms with E-state index < -0.39 is 0 Å². The van der Waals surface area contributed by atoms with Gasteiger partial charge in [-0.2, -0.15) is 5.10 Å². The van der Waals surface area contributed by atoms with Gasteiger partial charge in [0.25, 0.3) is 0 Å². The second-order valence-electron chi connectivity index (χ2n) is 5.97. The highest BCUT2D eigenvalue weighted by Gasteiger charge is 2.28. The van der Waals surface area contributed by atoms with Crippen molar-refractivity contribution in [2.75, 3.05) is 6.79 Å². The monoisotopic (exact) mass is 392 g/mol. The second kappa shape index (κ2) is 6.48. The van der Waals surface area contributed by atoms with Crippen molar-refractivity contribution in [3.05, 3.63) is 58.1 Å². The van der Waals surface area contributed by atoms with Crippen LogP contribution < -0.4 is 9.47 Å². The van der Waals surface area contributed by atoms with E-state index in [1.54, 1.807) is 5.01 Å². The van der Waals surface area contributed by atoms with E-state index in [9.17, 15) is 0 Å². The molecular formula is C18H14Cl2N2O2S. The first kappa shape index (κ1) is 16.6. The Kier molecular flexibility index (Phi) is 4.31. The van der Waals surface area contributed by atoms with Gasteiger partial charge in [0.1, 0.15) is 0 Å². The molecule has 1 unspecified atom stereocenters. The molecule has 0 spiro atoms. The van der Waals surface area contributed by atoms with Crippen LogP contribution in [0.5, 0.6) is 11.5 Å². The van der Waals surface area contributed by atoms with Gasteiger partial charge in [-0.3, -0.25) is 0 Å². The molecule has 1 atom stereocenters. The van der Waals surface area contributed by atoms with Gasteiger partial charge in [0.05, 0.1) is 11.8 Å². The molecule has 2 aliphatic heterocycles. The quantitative estimate of drug-likeness (QED) is 0.403. The molecule has 2 heterocycles. The molecule has 25 heavy (non-hydrogen) atoms. The van der Waals surface area contributed by atoms with Gasteiger partial charge in [-0.25, -0.2) is 5.01 Å². The zero-order chi connectivity index (χ0) is 17.6. The van der Waals surface area contributed by atoms with Crippen LogP contribution in [0.3, 0.4) is 0 Å². The standard InChI is InChI=1S/C18H14Cl2N2O2S/c1-10-6-12-7-15-16(24-9-23-15)8-14(12)17(21-22(10)18(20)25)11-2-4-13(19)5-3-11/h2-5,7-8,10H,6,9H2,1H3. The summed E-state index contributed by atoms with van der Waals surface area (Å²) in [5.74, 6) is 1.47. The Balaban J connectivity index is 1.92. The van der Waals surface area contributed by atoms with Gasteiger partial charge in [-0.05, 0) is 55.4 Å². The van der Waals surface area contributed by atoms with Crippen molar-refractivity contribution in [2.45, 2.75) is 19.4 Å². The Hall–Kier alpha value is -1.82. The molecule has 2 aromatic carbocycles. The van der Waals surface area contributed by atoms with Crippen LogP contribution in [0.2, 0.25) is 5.02 Å². The van der Waals surface area contributed by atoms with Gasteiger partial charge < -0.3 is 9.47 Å². The predicted molar refractivity (Wildman–Crippen MR) is 103 cm³/mol. The fourth-order valence-electron chi connectivity index (χ4n) is 3.07. The van der Waals surface area contributed by atoms with Crippen molar-refractivity contribution in [3.63, 3.8) is 0 Å². The van der Waals surface area contributed by atoms with Gasteiger partial charge in [-0.1, -0.05) is 35.3 Å². The molecule has 4 nitrogen and oxygen atoms in total. The highest BCUT2D eigenvalue weighted by Crippen LogP contribution is 2.37. The Bertz CT molecular complexity index is 883. The third-order valence-electron chi connectivity index (χ3n) is 4.29. The van der Waals surface area contributed by atoms with Crippen LogP contribution in [-0.4, -0.2) is 28.0 Å². The number of hydrogen-bond acceptors (Lipinski definition) is 4. The molecule has 0 saturated heterocycles. The number of nitrogens with zero attached hydrogens (tertiary/aromatic N) is 2. The minimum Gasteiger partial charge on any atom is -0.454 e. The number of benzene rings is 2. The molecule has 0 saturated carbocycles. The van der Waals surface area contributed by atoms with Gasteiger partial charge in [0.15, 0.2) is 15.9 Å². The third kappa shape index (κ3) is 3.08. The molecule has 2 aromatic rings. The van der Waals surface area contributed by atoms with Gasteiger partial charge >= 0.3 is 0 Å². The summed E-state index contributed by atoms with van der Waals surface area (Å²) in [5, 5.41) is 7.10. The van der Waals surface area contributed by atoms with Gasteiger partial charge in [0.2, 0.25) is 6.79 Å². The Morgan fingerprint density at radius 2 is 1.88 bits per heavy atom. The normalized spacial score (nSPS) is 18.4. The highest BCUT2D eigenvalue weighted by molar-refractivity contribution is 7.83. The van der Waals surface area contributed by atoms with Crippen molar-refractivity contribution in [1.82, 2.24) is 5.01 Å². The summed E-state index contributed by atoms with van der Waals surface area (Å²) in [6.45, 7) is 2.27. The molecule has 0 bridgehead atoms. The minimum atomic E-state index is 0.0221. The Labute approximate surface area is 160 Å². The predicted octanol–water partition coefficient (Wildman–Crippen LogP) is 4.59. The van der Waals surface area contributed by atoms with Crippen molar-refractivity contribution >= 4 is 45.6 Å². The molecule has 0 radical (unpaired) electrons. The van der Waals surface area contributed by atoms with Gasteiger partial charge in [-0.15, -0.1) is 0 Å². The number of halogens is 2. The SMILES string of the molecule is CC1Cc2cc3c(cc2C(c2ccc(Cl)cc2)=NN1C(=S)Cl)OCO3. The third-order valence-corrected chi connectivity index (χ3v) is 4.90. The lowest BCUT2D eigenvalue weighted by molar-refractivity contribution is 0.174. The minimum absolute atomic E-state index is 0.0221. The van der Waals surface area contributed by atoms with E-state index in [1.165, 1.54) is 0 Å². The van der Waals surface area contributed by atoms with E-state index in [0.29, 0.717) is 5.02 Å². The molecule has 0 aliphatic carbocycles. The summed E-state index contributed by atoms with van der Waals surface area (Å²) < 4.78 is 11.3. The number of ether oxygens (including phenoxy) is 2. The Morgan fingerprint density at radius 1 is 1.20 bits per heavy atom. The summed E-state index contributed by atoms with van der Waals surface area (Å²) >= 11 is 17.3. The van der Waals surface area contributed by atoms with Crippen LogP contribution in [-0.2, 0) is 6.42 Å². The van der Waals surface area contributed by atoms with Crippen molar-refractivity contribution in [3.8, 4) is 11.5 Å².